The Labute approximate surface area is 160 Å². The Morgan fingerprint density at radius 3 is 2.56 bits per heavy atom. The summed E-state index contributed by atoms with van der Waals surface area (Å²) in [5.74, 6) is -0.0361. The van der Waals surface area contributed by atoms with Gasteiger partial charge >= 0.3 is 0 Å². The van der Waals surface area contributed by atoms with E-state index in [0.29, 0.717) is 12.1 Å². The fraction of sp³-hybridized carbons (Fsp3) is 0.263. The topological polar surface area (TPSA) is 36.4 Å². The molecule has 0 N–H and O–H groups in total. The molecule has 1 amide bonds. The molecule has 0 aliphatic heterocycles. The molecule has 6 heteroatoms. The molecule has 1 aromatic heterocycles. The van der Waals surface area contributed by atoms with Crippen LogP contribution in [0.15, 0.2) is 46.9 Å². The predicted molar refractivity (Wildman–Crippen MR) is 109 cm³/mol. The Balaban J connectivity index is 2.03. The largest absolute Gasteiger partial charge is 0.308 e. The number of halogens is 1. The van der Waals surface area contributed by atoms with E-state index in [1.807, 2.05) is 57.4 Å². The van der Waals surface area contributed by atoms with Crippen molar-refractivity contribution in [1.29, 1.82) is 0 Å². The number of aryl methyl sites for hydroxylation is 1. The van der Waals surface area contributed by atoms with Crippen molar-refractivity contribution < 1.29 is 4.79 Å². The second-order valence-corrected chi connectivity index (χ2v) is 8.02. The van der Waals surface area contributed by atoms with Gasteiger partial charge in [0.05, 0.1) is 15.8 Å². The summed E-state index contributed by atoms with van der Waals surface area (Å²) in [6.07, 6.45) is 0. The van der Waals surface area contributed by atoms with Crippen LogP contribution in [0.3, 0.4) is 0 Å². The first-order valence-electron chi connectivity index (χ1n) is 8.04. The van der Waals surface area contributed by atoms with Crippen molar-refractivity contribution in [3.63, 3.8) is 0 Å². The summed E-state index contributed by atoms with van der Waals surface area (Å²) in [5.41, 5.74) is 2.75. The summed E-state index contributed by atoms with van der Waals surface area (Å²) in [6, 6.07) is 13.6. The summed E-state index contributed by atoms with van der Waals surface area (Å²) < 4.78 is 1.90. The number of hydrogen-bond acceptors (Lipinski definition) is 4. The van der Waals surface area contributed by atoms with Crippen molar-refractivity contribution in [1.82, 2.24) is 9.88 Å². The molecule has 2 aromatic carbocycles. The lowest BCUT2D eigenvalue weighted by molar-refractivity contribution is 0.0984. The number of rotatable bonds is 5. The highest BCUT2D eigenvalue weighted by Gasteiger charge is 2.23. The van der Waals surface area contributed by atoms with Gasteiger partial charge in [-0.2, -0.15) is 0 Å². The lowest BCUT2D eigenvalue weighted by Crippen LogP contribution is -2.36. The average Bonchev–Trinajstić information content (AvgIpc) is 3.00. The first-order valence-corrected chi connectivity index (χ1v) is 9.65. The molecule has 0 aliphatic carbocycles. The third kappa shape index (κ3) is 3.92. The number of carbonyl (C=O) groups excluding carboxylic acids is 1. The van der Waals surface area contributed by atoms with Crippen LogP contribution >= 0.6 is 27.3 Å². The SMILES string of the molecule is Cc1cccc2sc(N(CCN(C)C)C(=O)c3ccccc3Br)nc12. The first-order chi connectivity index (χ1) is 12.0. The number of likely N-dealkylation sites (N-methyl/N-ethyl adjacent to an activating group) is 1. The van der Waals surface area contributed by atoms with Gasteiger partial charge in [0.2, 0.25) is 0 Å². The first kappa shape index (κ1) is 18.0. The third-order valence-electron chi connectivity index (χ3n) is 3.96. The van der Waals surface area contributed by atoms with Crippen molar-refractivity contribution in [2.45, 2.75) is 6.92 Å². The molecule has 25 heavy (non-hydrogen) atoms. The third-order valence-corrected chi connectivity index (χ3v) is 5.70. The second kappa shape index (κ2) is 7.64. The molecule has 4 nitrogen and oxygen atoms in total. The molecule has 0 unspecified atom stereocenters. The molecule has 3 aromatic rings. The maximum Gasteiger partial charge on any atom is 0.261 e. The van der Waals surface area contributed by atoms with Crippen LogP contribution in [0.4, 0.5) is 5.13 Å². The smallest absolute Gasteiger partial charge is 0.261 e. The summed E-state index contributed by atoms with van der Waals surface area (Å²) in [6.45, 7) is 3.41. The number of benzene rings is 2. The van der Waals surface area contributed by atoms with Gasteiger partial charge in [0.15, 0.2) is 5.13 Å². The van der Waals surface area contributed by atoms with Gasteiger partial charge in [0.1, 0.15) is 0 Å². The minimum absolute atomic E-state index is 0.0361. The van der Waals surface area contributed by atoms with E-state index >= 15 is 0 Å². The van der Waals surface area contributed by atoms with Crippen LogP contribution in [0.25, 0.3) is 10.2 Å². The fourth-order valence-corrected chi connectivity index (χ4v) is 4.08. The molecule has 0 saturated carbocycles. The van der Waals surface area contributed by atoms with Crippen molar-refractivity contribution in [2.75, 3.05) is 32.1 Å². The number of thiazole rings is 1. The Bertz CT molecular complexity index is 907. The van der Waals surface area contributed by atoms with Crippen molar-refractivity contribution in [2.24, 2.45) is 0 Å². The van der Waals surface area contributed by atoms with E-state index in [1.54, 1.807) is 16.2 Å². The highest BCUT2D eigenvalue weighted by molar-refractivity contribution is 9.10. The van der Waals surface area contributed by atoms with Crippen LogP contribution in [0, 0.1) is 6.92 Å². The molecule has 0 spiro atoms. The van der Waals surface area contributed by atoms with Crippen molar-refractivity contribution in [3.05, 3.63) is 58.1 Å². The zero-order chi connectivity index (χ0) is 18.0. The lowest BCUT2D eigenvalue weighted by Gasteiger charge is -2.22. The number of hydrogen-bond donors (Lipinski definition) is 0. The zero-order valence-corrected chi connectivity index (χ0v) is 16.9. The quantitative estimate of drug-likeness (QED) is 0.609. The van der Waals surface area contributed by atoms with Crippen LogP contribution in [0.5, 0.6) is 0 Å². The average molecular weight is 418 g/mol. The Kier molecular flexibility index (Phi) is 5.51. The number of nitrogens with zero attached hydrogens (tertiary/aromatic N) is 3. The normalized spacial score (nSPS) is 11.2. The number of para-hydroxylation sites is 1. The van der Waals surface area contributed by atoms with Crippen LogP contribution in [0.1, 0.15) is 15.9 Å². The van der Waals surface area contributed by atoms with E-state index in [1.165, 1.54) is 0 Å². The Morgan fingerprint density at radius 1 is 1.12 bits per heavy atom. The highest BCUT2D eigenvalue weighted by atomic mass is 79.9. The van der Waals surface area contributed by atoms with E-state index in [4.69, 9.17) is 4.98 Å². The standard InChI is InChI=1S/C19H20BrN3OS/c1-13-7-6-10-16-17(13)21-19(25-16)23(12-11-22(2)3)18(24)14-8-4-5-9-15(14)20/h4-10H,11-12H2,1-3H3. The lowest BCUT2D eigenvalue weighted by atomic mass is 10.2. The zero-order valence-electron chi connectivity index (χ0n) is 14.5. The maximum atomic E-state index is 13.2. The van der Waals surface area contributed by atoms with Crippen LogP contribution in [0.2, 0.25) is 0 Å². The van der Waals surface area contributed by atoms with Crippen LogP contribution < -0.4 is 4.90 Å². The molecular formula is C19H20BrN3OS. The van der Waals surface area contributed by atoms with Gasteiger partial charge in [-0.15, -0.1) is 0 Å². The summed E-state index contributed by atoms with van der Waals surface area (Å²) in [4.78, 5) is 21.8. The number of aromatic nitrogens is 1. The highest BCUT2D eigenvalue weighted by Crippen LogP contribution is 2.32. The van der Waals surface area contributed by atoms with Gasteiger partial charge in [0.25, 0.3) is 5.91 Å². The predicted octanol–water partition coefficient (Wildman–Crippen LogP) is 4.58. The Hall–Kier alpha value is -1.76. The van der Waals surface area contributed by atoms with Crippen LogP contribution in [-0.2, 0) is 0 Å². The molecule has 3 rings (SSSR count). The molecule has 0 saturated heterocycles. The second-order valence-electron chi connectivity index (χ2n) is 6.16. The van der Waals surface area contributed by atoms with Gasteiger partial charge in [-0.25, -0.2) is 4.98 Å². The van der Waals surface area contributed by atoms with Gasteiger partial charge in [-0.05, 0) is 60.7 Å². The number of anilines is 1. The summed E-state index contributed by atoms with van der Waals surface area (Å²) in [5, 5.41) is 0.743. The van der Waals surface area contributed by atoms with Gasteiger partial charge in [-0.3, -0.25) is 9.69 Å². The van der Waals surface area contributed by atoms with E-state index < -0.39 is 0 Å². The maximum absolute atomic E-state index is 13.2. The van der Waals surface area contributed by atoms with E-state index in [2.05, 4.69) is 26.9 Å². The molecule has 0 aliphatic rings. The van der Waals surface area contributed by atoms with Gasteiger partial charge in [0, 0.05) is 17.6 Å². The molecule has 0 bridgehead atoms. The summed E-state index contributed by atoms with van der Waals surface area (Å²) in [7, 11) is 4.01. The number of carbonyl (C=O) groups is 1. The van der Waals surface area contributed by atoms with E-state index in [0.717, 1.165) is 31.9 Å². The number of fused-ring (bicyclic) bond motifs is 1. The minimum Gasteiger partial charge on any atom is -0.308 e. The minimum atomic E-state index is -0.0361. The molecule has 1 heterocycles. The van der Waals surface area contributed by atoms with Gasteiger partial charge in [-0.1, -0.05) is 35.6 Å². The van der Waals surface area contributed by atoms with E-state index in [9.17, 15) is 4.79 Å². The van der Waals surface area contributed by atoms with Gasteiger partial charge < -0.3 is 4.90 Å². The molecule has 0 atom stereocenters. The van der Waals surface area contributed by atoms with E-state index in [-0.39, 0.29) is 5.91 Å². The fourth-order valence-electron chi connectivity index (χ4n) is 2.55. The van der Waals surface area contributed by atoms with Crippen molar-refractivity contribution >= 4 is 48.5 Å². The number of amides is 1. The Morgan fingerprint density at radius 2 is 1.88 bits per heavy atom. The molecule has 0 radical (unpaired) electrons. The molecule has 130 valence electrons. The van der Waals surface area contributed by atoms with Crippen LogP contribution in [-0.4, -0.2) is 43.0 Å². The monoisotopic (exact) mass is 417 g/mol. The van der Waals surface area contributed by atoms with Crippen molar-refractivity contribution in [3.8, 4) is 0 Å². The summed E-state index contributed by atoms with van der Waals surface area (Å²) >= 11 is 5.05. The molecular weight excluding hydrogens is 398 g/mol. The molecule has 0 fully saturated rings.